The molecule has 0 aliphatic carbocycles. The van der Waals surface area contributed by atoms with Crippen LogP contribution in [0.5, 0.6) is 5.75 Å². The fourth-order valence-electron chi connectivity index (χ4n) is 3.65. The summed E-state index contributed by atoms with van der Waals surface area (Å²) >= 11 is 3.01. The Hall–Kier alpha value is -4.02. The Labute approximate surface area is 222 Å². The molecular weight excluding hydrogens is 504 g/mol. The molecule has 5 aromatic rings. The average Bonchev–Trinajstić information content (AvgIpc) is 3.57. The molecule has 0 saturated heterocycles. The summed E-state index contributed by atoms with van der Waals surface area (Å²) in [4.78, 5) is 26.2. The number of nitrogens with zero attached hydrogens (tertiary/aromatic N) is 3. The topological polar surface area (TPSA) is 101 Å². The lowest BCUT2D eigenvalue weighted by molar-refractivity contribution is 0.0943. The van der Waals surface area contributed by atoms with Crippen LogP contribution in [-0.4, -0.2) is 40.1 Å². The van der Waals surface area contributed by atoms with Crippen LogP contribution in [0.15, 0.2) is 71.7 Å². The number of para-hydroxylation sites is 1. The van der Waals surface area contributed by atoms with Crippen molar-refractivity contribution in [2.24, 2.45) is 0 Å². The highest BCUT2D eigenvalue weighted by Crippen LogP contribution is 2.33. The number of carbonyl (C=O) groups excluding carboxylic acids is 1. The molecular formula is C27H26N6O2S2. The zero-order valence-electron chi connectivity index (χ0n) is 20.4. The molecule has 10 heteroatoms. The van der Waals surface area contributed by atoms with Gasteiger partial charge in [0, 0.05) is 35.1 Å². The van der Waals surface area contributed by atoms with Crippen molar-refractivity contribution < 1.29 is 9.53 Å². The molecule has 3 N–H and O–H groups in total. The largest absolute Gasteiger partial charge is 0.492 e. The highest BCUT2D eigenvalue weighted by molar-refractivity contribution is 7.16. The van der Waals surface area contributed by atoms with Gasteiger partial charge in [-0.25, -0.2) is 15.0 Å². The summed E-state index contributed by atoms with van der Waals surface area (Å²) in [7, 11) is 0. The van der Waals surface area contributed by atoms with Crippen molar-refractivity contribution in [1.82, 2.24) is 20.3 Å². The van der Waals surface area contributed by atoms with Crippen molar-refractivity contribution in [2.45, 2.75) is 19.9 Å². The Morgan fingerprint density at radius 1 is 1.05 bits per heavy atom. The molecule has 3 aromatic heterocycles. The monoisotopic (exact) mass is 530 g/mol. The summed E-state index contributed by atoms with van der Waals surface area (Å²) in [6.45, 7) is 4.92. The number of anilines is 3. The molecule has 188 valence electrons. The summed E-state index contributed by atoms with van der Waals surface area (Å²) in [5.41, 5.74) is 5.87. The number of hydrogen-bond donors (Lipinski definition) is 3. The van der Waals surface area contributed by atoms with Gasteiger partial charge in [0.25, 0.3) is 5.91 Å². The Bertz CT molecular complexity index is 1500. The lowest BCUT2D eigenvalue weighted by Gasteiger charge is -2.15. The molecule has 8 nitrogen and oxygen atoms in total. The van der Waals surface area contributed by atoms with Gasteiger partial charge in [-0.3, -0.25) is 4.79 Å². The number of carbonyl (C=O) groups is 1. The third-order valence-electron chi connectivity index (χ3n) is 5.32. The van der Waals surface area contributed by atoms with E-state index >= 15 is 0 Å². The second-order valence-corrected chi connectivity index (χ2v) is 10.3. The molecule has 0 saturated carbocycles. The van der Waals surface area contributed by atoms with Crippen molar-refractivity contribution in [3.63, 3.8) is 0 Å². The lowest BCUT2D eigenvalue weighted by atomic mass is 10.2. The number of ether oxygens (including phenoxy) is 1. The van der Waals surface area contributed by atoms with Crippen LogP contribution in [0.25, 0.3) is 20.8 Å². The molecule has 0 fully saturated rings. The molecule has 37 heavy (non-hydrogen) atoms. The van der Waals surface area contributed by atoms with E-state index in [1.165, 1.54) is 11.3 Å². The van der Waals surface area contributed by atoms with E-state index in [0.29, 0.717) is 24.7 Å². The van der Waals surface area contributed by atoms with Crippen LogP contribution in [0.1, 0.15) is 24.3 Å². The highest BCUT2D eigenvalue weighted by Gasteiger charge is 2.16. The third-order valence-corrected chi connectivity index (χ3v) is 6.99. The molecule has 0 aliphatic heterocycles. The van der Waals surface area contributed by atoms with Crippen molar-refractivity contribution in [3.8, 4) is 16.3 Å². The second-order valence-electron chi connectivity index (χ2n) is 8.53. The van der Waals surface area contributed by atoms with E-state index in [1.807, 2.05) is 54.0 Å². The SMILES string of the molecule is CC(C)Nc1cc(Nc2ccc3ncsc3c2)ncc1-c1nc(C(=O)NCCOc2ccccc2)cs1. The van der Waals surface area contributed by atoms with Crippen molar-refractivity contribution >= 4 is 56.0 Å². The van der Waals surface area contributed by atoms with Crippen LogP contribution >= 0.6 is 22.7 Å². The lowest BCUT2D eigenvalue weighted by Crippen LogP contribution is -2.28. The first-order valence-electron chi connectivity index (χ1n) is 11.8. The first kappa shape index (κ1) is 24.7. The van der Waals surface area contributed by atoms with Crippen LogP contribution in [0.4, 0.5) is 17.2 Å². The number of nitrogens with one attached hydrogen (secondary N) is 3. The van der Waals surface area contributed by atoms with Crippen LogP contribution in [-0.2, 0) is 0 Å². The summed E-state index contributed by atoms with van der Waals surface area (Å²) in [6.07, 6.45) is 1.78. The molecule has 0 spiro atoms. The molecule has 0 bridgehead atoms. The Kier molecular flexibility index (Phi) is 7.57. The normalized spacial score (nSPS) is 11.0. The molecule has 3 heterocycles. The average molecular weight is 531 g/mol. The summed E-state index contributed by atoms with van der Waals surface area (Å²) in [5.74, 6) is 1.25. The number of rotatable bonds is 10. The van der Waals surface area contributed by atoms with E-state index in [1.54, 1.807) is 22.9 Å². The zero-order chi connectivity index (χ0) is 25.6. The predicted molar refractivity (Wildman–Crippen MR) is 151 cm³/mol. The van der Waals surface area contributed by atoms with E-state index in [2.05, 4.69) is 50.8 Å². The van der Waals surface area contributed by atoms with E-state index in [4.69, 9.17) is 4.74 Å². The van der Waals surface area contributed by atoms with Gasteiger partial charge < -0.3 is 20.7 Å². The maximum absolute atomic E-state index is 12.6. The number of pyridine rings is 1. The number of fused-ring (bicyclic) bond motifs is 1. The minimum absolute atomic E-state index is 0.204. The predicted octanol–water partition coefficient (Wildman–Crippen LogP) is 6.19. The maximum Gasteiger partial charge on any atom is 0.270 e. The van der Waals surface area contributed by atoms with Gasteiger partial charge in [-0.15, -0.1) is 22.7 Å². The number of thiazole rings is 2. The zero-order valence-corrected chi connectivity index (χ0v) is 22.0. The Morgan fingerprint density at radius 2 is 1.92 bits per heavy atom. The first-order chi connectivity index (χ1) is 18.0. The second kappa shape index (κ2) is 11.4. The van der Waals surface area contributed by atoms with Crippen molar-refractivity contribution in [2.75, 3.05) is 23.8 Å². The van der Waals surface area contributed by atoms with Crippen LogP contribution in [0.3, 0.4) is 0 Å². The molecule has 0 radical (unpaired) electrons. The van der Waals surface area contributed by atoms with Gasteiger partial charge >= 0.3 is 0 Å². The van der Waals surface area contributed by atoms with E-state index in [9.17, 15) is 4.79 Å². The summed E-state index contributed by atoms with van der Waals surface area (Å²) < 4.78 is 6.75. The first-order valence-corrected chi connectivity index (χ1v) is 13.6. The molecule has 0 unspecified atom stereocenters. The Balaban J connectivity index is 1.27. The van der Waals surface area contributed by atoms with E-state index < -0.39 is 0 Å². The van der Waals surface area contributed by atoms with Crippen LogP contribution in [0.2, 0.25) is 0 Å². The fraction of sp³-hybridized carbons (Fsp3) is 0.185. The van der Waals surface area contributed by atoms with E-state index in [0.717, 1.165) is 37.9 Å². The van der Waals surface area contributed by atoms with Gasteiger partial charge in [0.2, 0.25) is 0 Å². The highest BCUT2D eigenvalue weighted by atomic mass is 32.1. The molecule has 2 aromatic carbocycles. The van der Waals surface area contributed by atoms with Crippen LogP contribution in [0, 0.1) is 0 Å². The van der Waals surface area contributed by atoms with E-state index in [-0.39, 0.29) is 11.9 Å². The molecule has 5 rings (SSSR count). The summed E-state index contributed by atoms with van der Waals surface area (Å²) in [6, 6.07) is 17.7. The molecule has 0 aliphatic rings. The smallest absolute Gasteiger partial charge is 0.270 e. The van der Waals surface area contributed by atoms with Gasteiger partial charge in [-0.1, -0.05) is 18.2 Å². The van der Waals surface area contributed by atoms with Crippen molar-refractivity contribution in [3.05, 3.63) is 77.4 Å². The minimum Gasteiger partial charge on any atom is -0.492 e. The summed E-state index contributed by atoms with van der Waals surface area (Å²) in [5, 5.41) is 12.2. The maximum atomic E-state index is 12.6. The molecule has 1 amide bonds. The molecule has 0 atom stereocenters. The van der Waals surface area contributed by atoms with Gasteiger partial charge in [0.15, 0.2) is 0 Å². The fourth-order valence-corrected chi connectivity index (χ4v) is 5.19. The third kappa shape index (κ3) is 6.22. The quantitative estimate of drug-likeness (QED) is 0.185. The van der Waals surface area contributed by atoms with Crippen molar-refractivity contribution in [1.29, 1.82) is 0 Å². The van der Waals surface area contributed by atoms with Gasteiger partial charge in [-0.05, 0) is 44.2 Å². The van der Waals surface area contributed by atoms with Gasteiger partial charge in [0.05, 0.1) is 27.8 Å². The number of hydrogen-bond acceptors (Lipinski definition) is 9. The Morgan fingerprint density at radius 3 is 2.76 bits per heavy atom. The number of aromatic nitrogens is 3. The van der Waals surface area contributed by atoms with Gasteiger partial charge in [0.1, 0.15) is 28.9 Å². The minimum atomic E-state index is -0.234. The van der Waals surface area contributed by atoms with Gasteiger partial charge in [-0.2, -0.15) is 0 Å². The number of benzene rings is 2. The number of amides is 1. The standard InChI is InChI=1S/C27H26N6O2S2/c1-17(2)31-22-13-25(32-18-8-9-21-24(12-18)37-16-30-21)29-14-20(22)27-33-23(15-36-27)26(34)28-10-11-35-19-6-4-3-5-7-19/h3-9,12-17H,10-11H2,1-2H3,(H,28,34)(H2,29,31,32). The van der Waals surface area contributed by atoms with Crippen LogP contribution < -0.4 is 20.7 Å².